The monoisotopic (exact) mass is 242 g/mol. The van der Waals surface area contributed by atoms with Gasteiger partial charge in [-0.1, -0.05) is 29.8 Å². The molecule has 1 aromatic carbocycles. The molecule has 0 aliphatic rings. The van der Waals surface area contributed by atoms with Crippen molar-refractivity contribution in [1.82, 2.24) is 4.31 Å². The van der Waals surface area contributed by atoms with Crippen molar-refractivity contribution in [2.45, 2.75) is 13.5 Å². The Bertz CT molecular complexity index is 426. The van der Waals surface area contributed by atoms with Gasteiger partial charge in [0.2, 0.25) is 10.0 Å². The van der Waals surface area contributed by atoms with Crippen LogP contribution in [-0.4, -0.2) is 32.1 Å². The molecule has 0 heterocycles. The van der Waals surface area contributed by atoms with Crippen molar-refractivity contribution in [2.75, 3.05) is 19.3 Å². The molecule has 0 amide bonds. The molecule has 0 atom stereocenters. The smallest absolute Gasteiger partial charge is 0.215 e. The molecule has 5 heteroatoms. The SMILES string of the molecule is Cc1ccc(CN(C)S(=O)(=O)CCN)cc1. The van der Waals surface area contributed by atoms with Crippen LogP contribution >= 0.6 is 0 Å². The first-order valence-corrected chi connectivity index (χ1v) is 6.76. The number of nitrogens with two attached hydrogens (primary N) is 1. The van der Waals surface area contributed by atoms with Gasteiger partial charge in [-0.2, -0.15) is 0 Å². The molecule has 0 spiro atoms. The van der Waals surface area contributed by atoms with Crippen LogP contribution in [0.3, 0.4) is 0 Å². The van der Waals surface area contributed by atoms with Crippen LogP contribution in [0.1, 0.15) is 11.1 Å². The Hall–Kier alpha value is -0.910. The van der Waals surface area contributed by atoms with Crippen molar-refractivity contribution in [3.63, 3.8) is 0 Å². The third kappa shape index (κ3) is 3.59. The summed E-state index contributed by atoms with van der Waals surface area (Å²) in [5.41, 5.74) is 7.40. The van der Waals surface area contributed by atoms with Crippen molar-refractivity contribution in [3.8, 4) is 0 Å². The summed E-state index contributed by atoms with van der Waals surface area (Å²) < 4.78 is 24.6. The molecule has 0 aliphatic heterocycles. The lowest BCUT2D eigenvalue weighted by Gasteiger charge is -2.16. The van der Waals surface area contributed by atoms with Crippen molar-refractivity contribution in [2.24, 2.45) is 5.73 Å². The number of hydrogen-bond donors (Lipinski definition) is 1. The zero-order chi connectivity index (χ0) is 12.2. The van der Waals surface area contributed by atoms with Gasteiger partial charge in [-0.15, -0.1) is 0 Å². The lowest BCUT2D eigenvalue weighted by molar-refractivity contribution is 0.467. The van der Waals surface area contributed by atoms with Crippen LogP contribution in [0.15, 0.2) is 24.3 Å². The van der Waals surface area contributed by atoms with Crippen LogP contribution in [0.5, 0.6) is 0 Å². The van der Waals surface area contributed by atoms with E-state index in [1.54, 1.807) is 7.05 Å². The van der Waals surface area contributed by atoms with Crippen LogP contribution in [-0.2, 0) is 16.6 Å². The Morgan fingerprint density at radius 2 is 1.81 bits per heavy atom. The summed E-state index contributed by atoms with van der Waals surface area (Å²) in [7, 11) is -1.64. The molecular weight excluding hydrogens is 224 g/mol. The number of rotatable bonds is 5. The Kier molecular flexibility index (Phi) is 4.46. The third-order valence-electron chi connectivity index (χ3n) is 2.38. The molecule has 0 aliphatic carbocycles. The molecule has 0 unspecified atom stereocenters. The van der Waals surface area contributed by atoms with Crippen LogP contribution < -0.4 is 5.73 Å². The van der Waals surface area contributed by atoms with E-state index in [0.717, 1.165) is 11.1 Å². The fraction of sp³-hybridized carbons (Fsp3) is 0.455. The maximum atomic E-state index is 11.6. The normalized spacial score (nSPS) is 12.0. The molecular formula is C11H18N2O2S. The lowest BCUT2D eigenvalue weighted by Crippen LogP contribution is -2.31. The zero-order valence-corrected chi connectivity index (χ0v) is 10.5. The van der Waals surface area contributed by atoms with Crippen LogP contribution in [0.2, 0.25) is 0 Å². The van der Waals surface area contributed by atoms with Crippen LogP contribution in [0, 0.1) is 6.92 Å². The zero-order valence-electron chi connectivity index (χ0n) is 9.68. The maximum absolute atomic E-state index is 11.6. The van der Waals surface area contributed by atoms with E-state index in [2.05, 4.69) is 0 Å². The summed E-state index contributed by atoms with van der Waals surface area (Å²) >= 11 is 0. The van der Waals surface area contributed by atoms with Gasteiger partial charge in [0.05, 0.1) is 5.75 Å². The second-order valence-corrected chi connectivity index (χ2v) is 6.04. The molecule has 1 rings (SSSR count). The highest BCUT2D eigenvalue weighted by Crippen LogP contribution is 2.08. The predicted octanol–water partition coefficient (Wildman–Crippen LogP) is 0.715. The standard InChI is InChI=1S/C11H18N2O2S/c1-10-3-5-11(6-4-10)9-13(2)16(14,15)8-7-12/h3-6H,7-9,12H2,1-2H3. The minimum absolute atomic E-state index is 0.00460. The van der Waals surface area contributed by atoms with Gasteiger partial charge in [0, 0.05) is 20.1 Å². The van der Waals surface area contributed by atoms with E-state index in [0.29, 0.717) is 6.54 Å². The van der Waals surface area contributed by atoms with Gasteiger partial charge in [-0.3, -0.25) is 0 Å². The average molecular weight is 242 g/mol. The number of hydrogen-bond acceptors (Lipinski definition) is 3. The Balaban J connectivity index is 2.71. The van der Waals surface area contributed by atoms with Gasteiger partial charge >= 0.3 is 0 Å². The molecule has 0 radical (unpaired) electrons. The molecule has 2 N–H and O–H groups in total. The van der Waals surface area contributed by atoms with Gasteiger partial charge in [-0.25, -0.2) is 12.7 Å². The summed E-state index contributed by atoms with van der Waals surface area (Å²) in [6, 6.07) is 7.81. The number of aryl methyl sites for hydroxylation is 1. The molecule has 16 heavy (non-hydrogen) atoms. The second-order valence-electron chi connectivity index (χ2n) is 3.85. The largest absolute Gasteiger partial charge is 0.329 e. The van der Waals surface area contributed by atoms with Gasteiger partial charge < -0.3 is 5.73 Å². The minimum Gasteiger partial charge on any atom is -0.329 e. The quantitative estimate of drug-likeness (QED) is 0.827. The van der Waals surface area contributed by atoms with Gasteiger partial charge in [0.25, 0.3) is 0 Å². The summed E-state index contributed by atoms with van der Waals surface area (Å²) in [5, 5.41) is 0. The fourth-order valence-corrected chi connectivity index (χ4v) is 2.31. The first-order chi connectivity index (χ1) is 7.45. The number of sulfonamides is 1. The van der Waals surface area contributed by atoms with Crippen molar-refractivity contribution in [3.05, 3.63) is 35.4 Å². The van der Waals surface area contributed by atoms with Crippen molar-refractivity contribution >= 4 is 10.0 Å². The first kappa shape index (κ1) is 13.2. The Morgan fingerprint density at radius 3 is 2.31 bits per heavy atom. The second kappa shape index (κ2) is 5.43. The highest BCUT2D eigenvalue weighted by molar-refractivity contribution is 7.89. The Morgan fingerprint density at radius 1 is 1.25 bits per heavy atom. The van der Waals surface area contributed by atoms with Gasteiger partial charge in [0.1, 0.15) is 0 Å². The lowest BCUT2D eigenvalue weighted by atomic mass is 10.1. The first-order valence-electron chi connectivity index (χ1n) is 5.15. The molecule has 0 saturated heterocycles. The minimum atomic E-state index is -3.21. The van der Waals surface area contributed by atoms with Crippen LogP contribution in [0.4, 0.5) is 0 Å². The number of nitrogens with zero attached hydrogens (tertiary/aromatic N) is 1. The molecule has 0 fully saturated rings. The summed E-state index contributed by atoms with van der Waals surface area (Å²) in [4.78, 5) is 0. The van der Waals surface area contributed by atoms with E-state index in [1.807, 2.05) is 31.2 Å². The van der Waals surface area contributed by atoms with Crippen LogP contribution in [0.25, 0.3) is 0 Å². The molecule has 0 bridgehead atoms. The summed E-state index contributed by atoms with van der Waals surface area (Å²) in [5.74, 6) is -0.00460. The molecule has 90 valence electrons. The van der Waals surface area contributed by atoms with Gasteiger partial charge in [0.15, 0.2) is 0 Å². The summed E-state index contributed by atoms with van der Waals surface area (Å²) in [6.07, 6.45) is 0. The average Bonchev–Trinajstić information content (AvgIpc) is 2.21. The third-order valence-corrected chi connectivity index (χ3v) is 4.21. The highest BCUT2D eigenvalue weighted by atomic mass is 32.2. The fourth-order valence-electron chi connectivity index (χ4n) is 1.35. The van der Waals surface area contributed by atoms with E-state index in [-0.39, 0.29) is 12.3 Å². The van der Waals surface area contributed by atoms with Crippen molar-refractivity contribution in [1.29, 1.82) is 0 Å². The van der Waals surface area contributed by atoms with E-state index in [4.69, 9.17) is 5.73 Å². The summed E-state index contributed by atoms with van der Waals surface area (Å²) in [6.45, 7) is 2.54. The maximum Gasteiger partial charge on any atom is 0.215 e. The number of benzene rings is 1. The van der Waals surface area contributed by atoms with E-state index in [9.17, 15) is 8.42 Å². The molecule has 1 aromatic rings. The topological polar surface area (TPSA) is 63.4 Å². The molecule has 4 nitrogen and oxygen atoms in total. The molecule has 0 aromatic heterocycles. The van der Waals surface area contributed by atoms with Gasteiger partial charge in [-0.05, 0) is 12.5 Å². The highest BCUT2D eigenvalue weighted by Gasteiger charge is 2.16. The predicted molar refractivity (Wildman–Crippen MR) is 65.5 cm³/mol. The van der Waals surface area contributed by atoms with Crippen molar-refractivity contribution < 1.29 is 8.42 Å². The van der Waals surface area contributed by atoms with E-state index < -0.39 is 10.0 Å². The van der Waals surface area contributed by atoms with E-state index >= 15 is 0 Å². The van der Waals surface area contributed by atoms with E-state index in [1.165, 1.54) is 4.31 Å². The molecule has 0 saturated carbocycles. The Labute approximate surface area is 97.1 Å².